The predicted molar refractivity (Wildman–Crippen MR) is 140 cm³/mol. The number of hydrogen-bond donors (Lipinski definition) is 1. The molecule has 0 spiro atoms. The van der Waals surface area contributed by atoms with Crippen molar-refractivity contribution in [2.75, 3.05) is 4.90 Å². The van der Waals surface area contributed by atoms with Crippen LogP contribution >= 0.6 is 0 Å². The zero-order valence-corrected chi connectivity index (χ0v) is 20.0. The Morgan fingerprint density at radius 1 is 0.972 bits per heavy atom. The van der Waals surface area contributed by atoms with E-state index >= 15 is 0 Å². The van der Waals surface area contributed by atoms with Crippen molar-refractivity contribution in [3.8, 4) is 11.1 Å². The molecule has 0 bridgehead atoms. The molecule has 1 aromatic heterocycles. The third-order valence-electron chi connectivity index (χ3n) is 6.80. The van der Waals surface area contributed by atoms with Crippen molar-refractivity contribution in [3.05, 3.63) is 90.1 Å². The fourth-order valence-corrected chi connectivity index (χ4v) is 4.87. The topological polar surface area (TPSA) is 83.6 Å². The predicted octanol–water partition coefficient (Wildman–Crippen LogP) is 6.71. The molecule has 36 heavy (non-hydrogen) atoms. The molecule has 5 rings (SSSR count). The highest BCUT2D eigenvalue weighted by Gasteiger charge is 2.27. The number of aromatic nitrogens is 1. The molecule has 1 N–H and O–H groups in total. The van der Waals surface area contributed by atoms with E-state index < -0.39 is 5.97 Å². The monoisotopic (exact) mass is 480 g/mol. The fraction of sp³-hybridized carbons (Fsp3) is 0.233. The Balaban J connectivity index is 1.42. The summed E-state index contributed by atoms with van der Waals surface area (Å²) in [6.45, 7) is 0.451. The first-order valence-electron chi connectivity index (χ1n) is 12.3. The number of carbonyl (C=O) groups is 2. The van der Waals surface area contributed by atoms with E-state index in [1.54, 1.807) is 12.3 Å². The van der Waals surface area contributed by atoms with Gasteiger partial charge in [0.25, 0.3) is 0 Å². The number of anilines is 1. The molecule has 6 heteroatoms. The summed E-state index contributed by atoms with van der Waals surface area (Å²) >= 11 is 0. The van der Waals surface area contributed by atoms with Gasteiger partial charge in [-0.05, 0) is 65.4 Å². The van der Waals surface area contributed by atoms with Gasteiger partial charge in [0.1, 0.15) is 0 Å². The molecule has 1 aliphatic rings. The highest BCUT2D eigenvalue weighted by atomic mass is 16.5. The summed E-state index contributed by atoms with van der Waals surface area (Å²) in [6, 6.07) is 21.7. The first-order chi connectivity index (χ1) is 17.6. The highest BCUT2D eigenvalue weighted by molar-refractivity contribution is 5.95. The van der Waals surface area contributed by atoms with E-state index in [2.05, 4.69) is 35.5 Å². The Hall–Kier alpha value is -4.19. The van der Waals surface area contributed by atoms with Crippen molar-refractivity contribution >= 4 is 34.6 Å². The highest BCUT2D eigenvalue weighted by Crippen LogP contribution is 2.30. The fourth-order valence-electron chi connectivity index (χ4n) is 4.87. The van der Waals surface area contributed by atoms with Gasteiger partial charge < -0.3 is 14.5 Å². The Morgan fingerprint density at radius 2 is 1.75 bits per heavy atom. The molecule has 0 aliphatic heterocycles. The van der Waals surface area contributed by atoms with Gasteiger partial charge in [0.05, 0.1) is 12.7 Å². The van der Waals surface area contributed by atoms with E-state index in [1.807, 2.05) is 41.3 Å². The summed E-state index contributed by atoms with van der Waals surface area (Å²) in [5, 5.41) is 13.8. The van der Waals surface area contributed by atoms with Gasteiger partial charge in [-0.2, -0.15) is 0 Å². The maximum absolute atomic E-state index is 13.7. The number of fused-ring (bicyclic) bond motifs is 1. The van der Waals surface area contributed by atoms with Crippen molar-refractivity contribution < 1.29 is 19.2 Å². The number of aliphatic carboxylic acids is 1. The lowest BCUT2D eigenvalue weighted by Gasteiger charge is -2.30. The maximum atomic E-state index is 13.7. The first kappa shape index (κ1) is 23.5. The minimum absolute atomic E-state index is 0.0199. The van der Waals surface area contributed by atoms with E-state index in [0.717, 1.165) is 70.7 Å². The molecule has 0 unspecified atom stereocenters. The molecule has 1 aliphatic carbocycles. The van der Waals surface area contributed by atoms with Crippen molar-refractivity contribution in [3.63, 3.8) is 0 Å². The average molecular weight is 481 g/mol. The Kier molecular flexibility index (Phi) is 6.94. The summed E-state index contributed by atoms with van der Waals surface area (Å²) in [5.41, 5.74) is 5.46. The van der Waals surface area contributed by atoms with Crippen LogP contribution in [0.5, 0.6) is 0 Å². The van der Waals surface area contributed by atoms with Crippen molar-refractivity contribution in [1.29, 1.82) is 0 Å². The lowest BCUT2D eigenvalue weighted by molar-refractivity contribution is -0.131. The number of carboxylic acids is 1. The van der Waals surface area contributed by atoms with Crippen LogP contribution < -0.4 is 4.90 Å². The van der Waals surface area contributed by atoms with Crippen LogP contribution in [0.2, 0.25) is 0 Å². The second-order valence-electron chi connectivity index (χ2n) is 9.30. The lowest BCUT2D eigenvalue weighted by Crippen LogP contribution is -2.36. The van der Waals surface area contributed by atoms with Gasteiger partial charge in [-0.25, -0.2) is 4.79 Å². The average Bonchev–Trinajstić information content (AvgIpc) is 3.39. The molecule has 4 aromatic rings. The van der Waals surface area contributed by atoms with Crippen LogP contribution in [0.15, 0.2) is 83.5 Å². The van der Waals surface area contributed by atoms with Gasteiger partial charge in [-0.1, -0.05) is 66.9 Å². The summed E-state index contributed by atoms with van der Waals surface area (Å²) in [7, 11) is 0. The van der Waals surface area contributed by atoms with Gasteiger partial charge in [0, 0.05) is 23.1 Å². The van der Waals surface area contributed by atoms with Crippen LogP contribution in [0.25, 0.3) is 28.2 Å². The molecule has 0 radical (unpaired) electrons. The molecule has 1 saturated carbocycles. The SMILES string of the molecule is O=C(O)/C=C/c1cccc(N(Cc2ccc(-c3ccc4oncc4c3)cc2)C(=O)C2CCCCC2)c1. The van der Waals surface area contributed by atoms with Crippen LogP contribution in [-0.4, -0.2) is 22.1 Å². The van der Waals surface area contributed by atoms with Gasteiger partial charge >= 0.3 is 5.97 Å². The third-order valence-corrected chi connectivity index (χ3v) is 6.80. The van der Waals surface area contributed by atoms with E-state index in [1.165, 1.54) is 6.42 Å². The summed E-state index contributed by atoms with van der Waals surface area (Å²) in [4.78, 5) is 26.5. The number of benzene rings is 3. The second kappa shape index (κ2) is 10.6. The Bertz CT molecular complexity index is 1400. The largest absolute Gasteiger partial charge is 0.478 e. The quantitative estimate of drug-likeness (QED) is 0.297. The third kappa shape index (κ3) is 5.38. The second-order valence-corrected chi connectivity index (χ2v) is 9.30. The zero-order chi connectivity index (χ0) is 24.9. The molecular weight excluding hydrogens is 452 g/mol. The number of amides is 1. The van der Waals surface area contributed by atoms with E-state index in [-0.39, 0.29) is 11.8 Å². The first-order valence-corrected chi connectivity index (χ1v) is 12.3. The van der Waals surface area contributed by atoms with E-state index in [0.29, 0.717) is 6.54 Å². The molecule has 1 amide bonds. The summed E-state index contributed by atoms with van der Waals surface area (Å²) < 4.78 is 5.20. The van der Waals surface area contributed by atoms with Crippen molar-refractivity contribution in [2.24, 2.45) is 5.92 Å². The number of nitrogens with zero attached hydrogens (tertiary/aromatic N) is 2. The Labute approximate surface area is 209 Å². The molecule has 182 valence electrons. The normalized spacial score (nSPS) is 14.3. The van der Waals surface area contributed by atoms with Gasteiger partial charge in [-0.3, -0.25) is 4.79 Å². The maximum Gasteiger partial charge on any atom is 0.328 e. The molecule has 1 fully saturated rings. The van der Waals surface area contributed by atoms with Crippen molar-refractivity contribution in [2.45, 2.75) is 38.6 Å². The number of hydrogen-bond acceptors (Lipinski definition) is 4. The van der Waals surface area contributed by atoms with Gasteiger partial charge in [0.15, 0.2) is 5.58 Å². The lowest BCUT2D eigenvalue weighted by atomic mass is 9.88. The van der Waals surface area contributed by atoms with Crippen LogP contribution in [-0.2, 0) is 16.1 Å². The van der Waals surface area contributed by atoms with E-state index in [9.17, 15) is 9.59 Å². The van der Waals surface area contributed by atoms with Crippen LogP contribution in [0.4, 0.5) is 5.69 Å². The molecule has 0 saturated heterocycles. The molecule has 3 aromatic carbocycles. The van der Waals surface area contributed by atoms with E-state index in [4.69, 9.17) is 9.63 Å². The number of rotatable bonds is 7. The minimum Gasteiger partial charge on any atom is -0.478 e. The van der Waals surface area contributed by atoms with Gasteiger partial charge in [0.2, 0.25) is 5.91 Å². The molecular formula is C30H28N2O4. The number of carbonyl (C=O) groups excluding carboxylic acids is 1. The van der Waals surface area contributed by atoms with Crippen LogP contribution in [0.3, 0.4) is 0 Å². The van der Waals surface area contributed by atoms with Crippen molar-refractivity contribution in [1.82, 2.24) is 5.16 Å². The Morgan fingerprint density at radius 3 is 2.53 bits per heavy atom. The van der Waals surface area contributed by atoms with Gasteiger partial charge in [-0.15, -0.1) is 0 Å². The smallest absolute Gasteiger partial charge is 0.328 e. The molecule has 1 heterocycles. The molecule has 6 nitrogen and oxygen atoms in total. The zero-order valence-electron chi connectivity index (χ0n) is 20.0. The minimum atomic E-state index is -1.00. The summed E-state index contributed by atoms with van der Waals surface area (Å²) in [6.07, 6.45) is 9.55. The van der Waals surface area contributed by atoms with Crippen LogP contribution in [0, 0.1) is 5.92 Å². The summed E-state index contributed by atoms with van der Waals surface area (Å²) in [5.74, 6) is -0.846. The number of carboxylic acid groups (broad SMARTS) is 1. The standard InChI is InChI=1S/C30H28N2O4/c33-29(34)16-11-21-5-4-8-27(17-21)32(30(35)24-6-2-1-3-7-24)20-22-9-12-23(13-10-22)25-14-15-28-26(18-25)19-31-36-28/h4-5,8-19,24H,1-3,6-7,20H2,(H,33,34)/b16-11+. The van der Waals surface area contributed by atoms with Crippen LogP contribution in [0.1, 0.15) is 43.2 Å². The molecule has 0 atom stereocenters.